The van der Waals surface area contributed by atoms with Crippen LogP contribution in [-0.4, -0.2) is 9.97 Å². The zero-order valence-corrected chi connectivity index (χ0v) is 17.1. The third-order valence-electron chi connectivity index (χ3n) is 4.41. The summed E-state index contributed by atoms with van der Waals surface area (Å²) in [6, 6.07) is 6.22. The first-order chi connectivity index (χ1) is 10.9. The summed E-state index contributed by atoms with van der Waals surface area (Å²) < 4.78 is 0. The Morgan fingerprint density at radius 3 is 2.00 bits per heavy atom. The van der Waals surface area contributed by atoms with Crippen LogP contribution < -0.4 is 0 Å². The van der Waals surface area contributed by atoms with Crippen molar-refractivity contribution in [3.63, 3.8) is 0 Å². The number of hydrogen-bond acceptors (Lipinski definition) is 2. The van der Waals surface area contributed by atoms with E-state index in [2.05, 4.69) is 58.7 Å². The first kappa shape index (κ1) is 19.2. The molecule has 0 bridgehead atoms. The van der Waals surface area contributed by atoms with E-state index in [0.717, 1.165) is 34.5 Å². The Morgan fingerprint density at radius 2 is 1.46 bits per heavy atom. The Morgan fingerprint density at radius 1 is 0.875 bits per heavy atom. The molecule has 0 amide bonds. The molecule has 24 heavy (non-hydrogen) atoms. The van der Waals surface area contributed by atoms with E-state index in [4.69, 9.17) is 28.2 Å². The maximum Gasteiger partial charge on any atom is 0.133 e. The molecule has 2 aromatic heterocycles. The molecule has 4 heteroatoms. The Balaban J connectivity index is 2.41. The summed E-state index contributed by atoms with van der Waals surface area (Å²) in [5, 5.41) is 1.15. The number of rotatable bonds is 3. The topological polar surface area (TPSA) is 25.8 Å². The van der Waals surface area contributed by atoms with Crippen LogP contribution in [0.1, 0.15) is 62.7 Å². The number of hydrogen-bond donors (Lipinski definition) is 0. The van der Waals surface area contributed by atoms with Crippen LogP contribution in [-0.2, 0) is 17.3 Å². The smallest absolute Gasteiger partial charge is 0.133 e. The molecule has 0 aliphatic heterocycles. The second-order valence-corrected chi connectivity index (χ2v) is 8.91. The monoisotopic (exact) mass is 364 g/mol. The van der Waals surface area contributed by atoms with Crippen molar-refractivity contribution in [2.45, 2.75) is 65.7 Å². The van der Waals surface area contributed by atoms with Crippen LogP contribution in [0, 0.1) is 13.8 Å². The van der Waals surface area contributed by atoms with Gasteiger partial charge in [-0.2, -0.15) is 0 Å². The minimum atomic E-state index is -0.178. The largest absolute Gasteiger partial charge is 0.241 e. The second kappa shape index (κ2) is 6.65. The van der Waals surface area contributed by atoms with Crippen molar-refractivity contribution in [1.29, 1.82) is 0 Å². The maximum absolute atomic E-state index is 6.46. The van der Waals surface area contributed by atoms with Crippen LogP contribution in [0.15, 0.2) is 18.2 Å². The third kappa shape index (κ3) is 4.10. The van der Waals surface area contributed by atoms with Crippen molar-refractivity contribution in [2.75, 3.05) is 0 Å². The summed E-state index contributed by atoms with van der Waals surface area (Å²) in [5.74, 6) is 0. The lowest BCUT2D eigenvalue weighted by atomic mass is 9.79. The van der Waals surface area contributed by atoms with E-state index in [-0.39, 0.29) is 10.8 Å². The lowest BCUT2D eigenvalue weighted by molar-refractivity contribution is 0.510. The zero-order valence-electron chi connectivity index (χ0n) is 15.6. The molecule has 2 nitrogen and oxygen atoms in total. The van der Waals surface area contributed by atoms with Gasteiger partial charge in [-0.25, -0.2) is 9.97 Å². The van der Waals surface area contributed by atoms with Crippen molar-refractivity contribution in [3.05, 3.63) is 56.6 Å². The first-order valence-corrected chi connectivity index (χ1v) is 8.97. The zero-order chi connectivity index (χ0) is 18.3. The normalized spacial score (nSPS) is 12.5. The minimum Gasteiger partial charge on any atom is -0.241 e. The van der Waals surface area contributed by atoms with Crippen LogP contribution in [0.5, 0.6) is 0 Å². The lowest BCUT2D eigenvalue weighted by Crippen LogP contribution is -2.23. The van der Waals surface area contributed by atoms with Crippen LogP contribution in [0.2, 0.25) is 10.3 Å². The number of aromatic nitrogens is 2. The molecule has 0 N–H and O–H groups in total. The van der Waals surface area contributed by atoms with Gasteiger partial charge in [-0.1, -0.05) is 70.0 Å². The van der Waals surface area contributed by atoms with E-state index in [9.17, 15) is 0 Å². The molecule has 0 radical (unpaired) electrons. The van der Waals surface area contributed by atoms with Crippen molar-refractivity contribution in [1.82, 2.24) is 9.97 Å². The second-order valence-electron chi connectivity index (χ2n) is 8.19. The number of pyridine rings is 2. The van der Waals surface area contributed by atoms with Gasteiger partial charge in [-0.3, -0.25) is 0 Å². The molecule has 0 saturated carbocycles. The van der Waals surface area contributed by atoms with Gasteiger partial charge in [-0.05, 0) is 53.9 Å². The van der Waals surface area contributed by atoms with Crippen molar-refractivity contribution < 1.29 is 0 Å². The molecule has 130 valence electrons. The van der Waals surface area contributed by atoms with E-state index in [1.165, 1.54) is 0 Å². The average molecular weight is 365 g/mol. The Hall–Kier alpha value is -1.12. The van der Waals surface area contributed by atoms with Gasteiger partial charge in [-0.15, -0.1) is 0 Å². The van der Waals surface area contributed by atoms with Gasteiger partial charge in [0.25, 0.3) is 0 Å². The molecule has 0 aliphatic carbocycles. The summed E-state index contributed by atoms with van der Waals surface area (Å²) >= 11 is 12.8. The van der Waals surface area contributed by atoms with Crippen LogP contribution in [0.3, 0.4) is 0 Å². The average Bonchev–Trinajstić information content (AvgIpc) is 2.40. The first-order valence-electron chi connectivity index (χ1n) is 8.22. The SMILES string of the molecule is Cc1ccc(C(C)(C)Cc2nc(Cl)c(C(C)(C)C)cc2C)c(Cl)n1. The minimum absolute atomic E-state index is 0.0208. The van der Waals surface area contributed by atoms with E-state index in [1.807, 2.05) is 13.0 Å². The number of halogens is 2. The molecule has 0 unspecified atom stereocenters. The van der Waals surface area contributed by atoms with Crippen LogP contribution in [0.25, 0.3) is 0 Å². The van der Waals surface area contributed by atoms with Gasteiger partial charge in [0.2, 0.25) is 0 Å². The van der Waals surface area contributed by atoms with Gasteiger partial charge in [0.05, 0.1) is 0 Å². The fourth-order valence-electron chi connectivity index (χ4n) is 2.87. The summed E-state index contributed by atoms with van der Waals surface area (Å²) in [6.07, 6.45) is 0.757. The number of aryl methyl sites for hydroxylation is 2. The predicted octanol–water partition coefficient (Wildman–Crippen LogP) is 6.22. The predicted molar refractivity (Wildman–Crippen MR) is 103 cm³/mol. The molecule has 2 rings (SSSR count). The van der Waals surface area contributed by atoms with E-state index >= 15 is 0 Å². The third-order valence-corrected chi connectivity index (χ3v) is 4.98. The highest BCUT2D eigenvalue weighted by Gasteiger charge is 2.27. The van der Waals surface area contributed by atoms with Gasteiger partial charge in [0.1, 0.15) is 10.3 Å². The highest BCUT2D eigenvalue weighted by Crippen LogP contribution is 2.35. The highest BCUT2D eigenvalue weighted by atomic mass is 35.5. The van der Waals surface area contributed by atoms with Gasteiger partial charge in [0, 0.05) is 11.4 Å². The van der Waals surface area contributed by atoms with Crippen molar-refractivity contribution in [2.24, 2.45) is 0 Å². The van der Waals surface area contributed by atoms with Crippen molar-refractivity contribution in [3.8, 4) is 0 Å². The Bertz CT molecular complexity index is 759. The molecule has 0 aromatic carbocycles. The molecule has 0 fully saturated rings. The molecule has 0 saturated heterocycles. The molecule has 0 spiro atoms. The fourth-order valence-corrected chi connectivity index (χ4v) is 3.77. The maximum atomic E-state index is 6.46. The molecule has 0 aliphatic rings. The fraction of sp³-hybridized carbons (Fsp3) is 0.500. The Labute approximate surface area is 155 Å². The molecular weight excluding hydrogens is 339 g/mol. The van der Waals surface area contributed by atoms with Crippen molar-refractivity contribution >= 4 is 23.2 Å². The van der Waals surface area contributed by atoms with Crippen LogP contribution >= 0.6 is 23.2 Å². The van der Waals surface area contributed by atoms with E-state index in [0.29, 0.717) is 10.3 Å². The molecular formula is C20H26Cl2N2. The van der Waals surface area contributed by atoms with Gasteiger partial charge >= 0.3 is 0 Å². The molecule has 2 heterocycles. The summed E-state index contributed by atoms with van der Waals surface area (Å²) in [7, 11) is 0. The molecule has 0 atom stereocenters. The van der Waals surface area contributed by atoms with Gasteiger partial charge in [0.15, 0.2) is 0 Å². The standard InChI is InChI=1S/C20H26Cl2N2/c1-12-10-15(19(3,4)5)18(22)24-16(12)11-20(6,7)14-9-8-13(2)23-17(14)21/h8-10H,11H2,1-7H3. The van der Waals surface area contributed by atoms with Crippen LogP contribution in [0.4, 0.5) is 0 Å². The summed E-state index contributed by atoms with van der Waals surface area (Å²) in [4.78, 5) is 9.09. The highest BCUT2D eigenvalue weighted by molar-refractivity contribution is 6.30. The molecule has 2 aromatic rings. The van der Waals surface area contributed by atoms with E-state index < -0.39 is 0 Å². The number of nitrogens with zero attached hydrogens (tertiary/aromatic N) is 2. The lowest BCUT2D eigenvalue weighted by Gasteiger charge is -2.28. The van der Waals surface area contributed by atoms with E-state index in [1.54, 1.807) is 0 Å². The van der Waals surface area contributed by atoms with Gasteiger partial charge < -0.3 is 0 Å². The summed E-state index contributed by atoms with van der Waals surface area (Å²) in [5.41, 5.74) is 5.01. The Kier molecular flexibility index (Phi) is 5.32. The quantitative estimate of drug-likeness (QED) is 0.604. The summed E-state index contributed by atoms with van der Waals surface area (Å²) in [6.45, 7) is 14.8.